The first-order valence-electron chi connectivity index (χ1n) is 7.84. The van der Waals surface area contributed by atoms with Crippen molar-refractivity contribution in [2.24, 2.45) is 0 Å². The average Bonchev–Trinajstić information content (AvgIpc) is 2.46. The largest absolute Gasteiger partial charge is 0.492 e. The normalized spacial score (nSPS) is 12.4. The van der Waals surface area contributed by atoms with E-state index < -0.39 is 0 Å². The fourth-order valence-electron chi connectivity index (χ4n) is 2.09. The fraction of sp³-hybridized carbons (Fsp3) is 0.647. The lowest BCUT2D eigenvalue weighted by Gasteiger charge is -2.15. The Balaban J connectivity index is 2.46. The highest BCUT2D eigenvalue weighted by atomic mass is 35.5. The summed E-state index contributed by atoms with van der Waals surface area (Å²) in [5.74, 6) is 0.801. The van der Waals surface area contributed by atoms with Crippen molar-refractivity contribution in [3.8, 4) is 5.75 Å². The van der Waals surface area contributed by atoms with Crippen molar-refractivity contribution in [3.05, 3.63) is 28.8 Å². The van der Waals surface area contributed by atoms with Crippen LogP contribution in [0.25, 0.3) is 0 Å². The van der Waals surface area contributed by atoms with E-state index in [-0.39, 0.29) is 0 Å². The van der Waals surface area contributed by atoms with Crippen LogP contribution in [0.2, 0.25) is 5.02 Å². The first kappa shape index (κ1) is 17.3. The summed E-state index contributed by atoms with van der Waals surface area (Å²) < 4.78 is 5.75. The Morgan fingerprint density at radius 3 is 2.60 bits per heavy atom. The summed E-state index contributed by atoms with van der Waals surface area (Å²) >= 11 is 6.29. The predicted octanol–water partition coefficient (Wildman–Crippen LogP) is 5.36. The van der Waals surface area contributed by atoms with Crippen LogP contribution in [0.4, 0.5) is 0 Å². The van der Waals surface area contributed by atoms with E-state index in [1.54, 1.807) is 0 Å². The number of rotatable bonds is 10. The van der Waals surface area contributed by atoms with Gasteiger partial charge in [-0.05, 0) is 44.0 Å². The lowest BCUT2D eigenvalue weighted by Crippen LogP contribution is -2.19. The van der Waals surface area contributed by atoms with Crippen LogP contribution in [-0.4, -0.2) is 13.2 Å². The fourth-order valence-corrected chi connectivity index (χ4v) is 2.34. The average molecular weight is 298 g/mol. The molecule has 0 aromatic heterocycles. The zero-order valence-corrected chi connectivity index (χ0v) is 13.8. The van der Waals surface area contributed by atoms with E-state index >= 15 is 0 Å². The second-order valence-corrected chi connectivity index (χ2v) is 5.68. The van der Waals surface area contributed by atoms with Gasteiger partial charge in [0.2, 0.25) is 0 Å². The van der Waals surface area contributed by atoms with Crippen LogP contribution in [0.3, 0.4) is 0 Å². The van der Waals surface area contributed by atoms with Gasteiger partial charge in [-0.15, -0.1) is 0 Å². The van der Waals surface area contributed by atoms with Gasteiger partial charge in [0.25, 0.3) is 0 Å². The van der Waals surface area contributed by atoms with E-state index in [1.165, 1.54) is 24.8 Å². The van der Waals surface area contributed by atoms with Gasteiger partial charge >= 0.3 is 0 Å². The molecule has 0 fully saturated rings. The molecule has 3 heteroatoms. The second kappa shape index (κ2) is 10.1. The summed E-state index contributed by atoms with van der Waals surface area (Å²) in [5, 5.41) is 4.17. The lowest BCUT2D eigenvalue weighted by atomic mass is 10.1. The summed E-state index contributed by atoms with van der Waals surface area (Å²) in [6.45, 7) is 8.32. The molecule has 1 atom stereocenters. The Kier molecular flexibility index (Phi) is 8.72. The quantitative estimate of drug-likeness (QED) is 0.587. The number of unbranched alkanes of at least 4 members (excludes halogenated alkanes) is 3. The van der Waals surface area contributed by atoms with Crippen LogP contribution >= 0.6 is 11.6 Å². The number of halogens is 1. The topological polar surface area (TPSA) is 21.3 Å². The van der Waals surface area contributed by atoms with Gasteiger partial charge in [0.05, 0.1) is 11.6 Å². The predicted molar refractivity (Wildman–Crippen MR) is 87.8 cm³/mol. The van der Waals surface area contributed by atoms with Gasteiger partial charge in [-0.2, -0.15) is 0 Å². The molecule has 1 aromatic carbocycles. The Bertz CT molecular complexity index is 381. The Hall–Kier alpha value is -0.730. The van der Waals surface area contributed by atoms with Crippen molar-refractivity contribution in [2.75, 3.05) is 13.2 Å². The molecular weight excluding hydrogens is 270 g/mol. The Morgan fingerprint density at radius 1 is 1.15 bits per heavy atom. The van der Waals surface area contributed by atoms with Gasteiger partial charge in [0.15, 0.2) is 0 Å². The number of hydrogen-bond donors (Lipinski definition) is 1. The molecule has 1 rings (SSSR count). The van der Waals surface area contributed by atoms with Crippen LogP contribution < -0.4 is 10.1 Å². The van der Waals surface area contributed by atoms with Gasteiger partial charge in [0, 0.05) is 6.04 Å². The molecule has 0 radical (unpaired) electrons. The number of nitrogens with one attached hydrogen (secondary N) is 1. The zero-order chi connectivity index (χ0) is 14.8. The summed E-state index contributed by atoms with van der Waals surface area (Å²) in [6, 6.07) is 6.42. The third-order valence-electron chi connectivity index (χ3n) is 3.41. The van der Waals surface area contributed by atoms with Crippen molar-refractivity contribution in [1.82, 2.24) is 5.32 Å². The van der Waals surface area contributed by atoms with Crippen LogP contribution in [0.15, 0.2) is 18.2 Å². The Morgan fingerprint density at radius 2 is 1.95 bits per heavy atom. The molecule has 1 N–H and O–H groups in total. The van der Waals surface area contributed by atoms with Gasteiger partial charge in [-0.25, -0.2) is 0 Å². The Labute approximate surface area is 128 Å². The SMILES string of the molecule is CCCCCCOc1ccc(C(C)NCCC)cc1Cl. The van der Waals surface area contributed by atoms with E-state index in [0.717, 1.165) is 31.7 Å². The number of benzene rings is 1. The minimum Gasteiger partial charge on any atom is -0.492 e. The van der Waals surface area contributed by atoms with Gasteiger partial charge in [-0.3, -0.25) is 0 Å². The molecule has 1 unspecified atom stereocenters. The van der Waals surface area contributed by atoms with Gasteiger partial charge in [0.1, 0.15) is 5.75 Å². The van der Waals surface area contributed by atoms with Crippen molar-refractivity contribution < 1.29 is 4.74 Å². The smallest absolute Gasteiger partial charge is 0.137 e. The number of ether oxygens (including phenoxy) is 1. The van der Waals surface area contributed by atoms with Crippen LogP contribution in [-0.2, 0) is 0 Å². The molecule has 0 aliphatic rings. The zero-order valence-electron chi connectivity index (χ0n) is 13.0. The minimum absolute atomic E-state index is 0.325. The molecule has 20 heavy (non-hydrogen) atoms. The van der Waals surface area contributed by atoms with Crippen molar-refractivity contribution in [1.29, 1.82) is 0 Å². The molecule has 0 spiro atoms. The highest BCUT2D eigenvalue weighted by Gasteiger charge is 2.08. The lowest BCUT2D eigenvalue weighted by molar-refractivity contribution is 0.305. The van der Waals surface area contributed by atoms with Gasteiger partial charge < -0.3 is 10.1 Å². The monoisotopic (exact) mass is 297 g/mol. The summed E-state index contributed by atoms with van der Waals surface area (Å²) in [5.41, 5.74) is 1.21. The maximum Gasteiger partial charge on any atom is 0.137 e. The highest BCUT2D eigenvalue weighted by molar-refractivity contribution is 6.32. The molecule has 0 saturated carbocycles. The molecule has 0 aliphatic heterocycles. The van der Waals surface area contributed by atoms with Crippen molar-refractivity contribution >= 4 is 11.6 Å². The minimum atomic E-state index is 0.325. The van der Waals surface area contributed by atoms with Crippen LogP contribution in [0.1, 0.15) is 64.5 Å². The van der Waals surface area contributed by atoms with Crippen molar-refractivity contribution in [3.63, 3.8) is 0 Å². The molecule has 1 aromatic rings. The first-order chi connectivity index (χ1) is 9.69. The maximum atomic E-state index is 6.29. The standard InChI is InChI=1S/C17H28ClNO/c1-4-6-7-8-12-20-17-10-9-15(13-16(17)18)14(3)19-11-5-2/h9-10,13-14,19H,4-8,11-12H2,1-3H3. The molecule has 0 amide bonds. The summed E-state index contributed by atoms with van der Waals surface area (Å²) in [7, 11) is 0. The molecule has 0 bridgehead atoms. The third-order valence-corrected chi connectivity index (χ3v) is 3.71. The number of hydrogen-bond acceptors (Lipinski definition) is 2. The third kappa shape index (κ3) is 6.15. The first-order valence-corrected chi connectivity index (χ1v) is 8.22. The molecule has 0 aliphatic carbocycles. The summed E-state index contributed by atoms with van der Waals surface area (Å²) in [4.78, 5) is 0. The van der Waals surface area contributed by atoms with E-state index in [0.29, 0.717) is 11.1 Å². The molecule has 0 saturated heterocycles. The molecule has 2 nitrogen and oxygen atoms in total. The van der Waals surface area contributed by atoms with Crippen LogP contribution in [0.5, 0.6) is 5.75 Å². The molecular formula is C17H28ClNO. The van der Waals surface area contributed by atoms with E-state index in [2.05, 4.69) is 32.2 Å². The van der Waals surface area contributed by atoms with Crippen molar-refractivity contribution in [2.45, 2.75) is 58.9 Å². The van der Waals surface area contributed by atoms with Crippen LogP contribution in [0, 0.1) is 0 Å². The van der Waals surface area contributed by atoms with E-state index in [1.807, 2.05) is 12.1 Å². The summed E-state index contributed by atoms with van der Waals surface area (Å²) in [6.07, 6.45) is 5.98. The highest BCUT2D eigenvalue weighted by Crippen LogP contribution is 2.28. The molecule has 0 heterocycles. The van der Waals surface area contributed by atoms with E-state index in [4.69, 9.17) is 16.3 Å². The second-order valence-electron chi connectivity index (χ2n) is 5.27. The van der Waals surface area contributed by atoms with E-state index in [9.17, 15) is 0 Å². The van der Waals surface area contributed by atoms with Gasteiger partial charge in [-0.1, -0.05) is 50.8 Å². The molecule has 114 valence electrons. The maximum absolute atomic E-state index is 6.29.